The van der Waals surface area contributed by atoms with Crippen molar-refractivity contribution in [3.05, 3.63) is 47.5 Å². The van der Waals surface area contributed by atoms with E-state index in [0.717, 1.165) is 19.2 Å². The van der Waals surface area contributed by atoms with Gasteiger partial charge in [-0.3, -0.25) is 9.89 Å². The summed E-state index contributed by atoms with van der Waals surface area (Å²) in [6.45, 7) is 4.06. The second-order valence-electron chi connectivity index (χ2n) is 4.22. The van der Waals surface area contributed by atoms with E-state index in [9.17, 15) is 4.79 Å². The van der Waals surface area contributed by atoms with Gasteiger partial charge in [-0.1, -0.05) is 0 Å². The lowest BCUT2D eigenvalue weighted by Gasteiger charge is -2.09. The first kappa shape index (κ1) is 17.0. The second kappa shape index (κ2) is 7.30. The van der Waals surface area contributed by atoms with E-state index in [4.69, 9.17) is 17.0 Å². The fourth-order valence-electron chi connectivity index (χ4n) is 1.64. The number of benzene rings is 1. The summed E-state index contributed by atoms with van der Waals surface area (Å²) in [5, 5.41) is 10.5. The monoisotopic (exact) mass is 446 g/mol. The molecule has 1 aromatic carbocycles. The Morgan fingerprint density at radius 3 is 2.68 bits per heavy atom. The van der Waals surface area contributed by atoms with Gasteiger partial charge in [0.2, 0.25) is 4.77 Å². The summed E-state index contributed by atoms with van der Waals surface area (Å²) in [4.78, 5) is 11.9. The summed E-state index contributed by atoms with van der Waals surface area (Å²) in [6.07, 6.45) is 1.54. The molecule has 9 heteroatoms. The van der Waals surface area contributed by atoms with Gasteiger partial charge in [0.05, 0.1) is 21.8 Å². The third-order valence-corrected chi connectivity index (χ3v) is 4.09. The second-order valence-corrected chi connectivity index (χ2v) is 6.32. The van der Waals surface area contributed by atoms with E-state index >= 15 is 0 Å². The number of H-pyrrole nitrogens is 1. The van der Waals surface area contributed by atoms with E-state index in [0.29, 0.717) is 18.1 Å². The molecule has 0 spiro atoms. The summed E-state index contributed by atoms with van der Waals surface area (Å²) in [5.41, 5.74) is 0.710. The molecule has 0 aliphatic heterocycles. The summed E-state index contributed by atoms with van der Waals surface area (Å²) >= 11 is 11.9. The molecule has 0 unspecified atom stereocenters. The van der Waals surface area contributed by atoms with Crippen molar-refractivity contribution in [2.45, 2.75) is 13.8 Å². The number of hydrogen-bond acceptors (Lipinski definition) is 5. The van der Waals surface area contributed by atoms with Crippen LogP contribution in [0.4, 0.5) is 0 Å². The molecule has 116 valence electrons. The minimum absolute atomic E-state index is 0.135. The van der Waals surface area contributed by atoms with Crippen LogP contribution < -0.4 is 10.3 Å². The summed E-state index contributed by atoms with van der Waals surface area (Å²) in [7, 11) is 0. The highest BCUT2D eigenvalue weighted by Crippen LogP contribution is 2.34. The van der Waals surface area contributed by atoms with E-state index in [1.165, 1.54) is 6.21 Å². The summed E-state index contributed by atoms with van der Waals surface area (Å²) in [5.74, 6) is 0.717. The van der Waals surface area contributed by atoms with Crippen LogP contribution in [-0.4, -0.2) is 27.7 Å². The fourth-order valence-corrected chi connectivity index (χ4v) is 3.26. The molecule has 1 N–H and O–H groups in total. The number of nitrogens with zero attached hydrogens (tertiary/aromatic N) is 3. The standard InChI is InChI=1S/C13H12Br2N4O2S/c1-3-21-11-9(14)4-8(5-10(11)15)6-16-19-12(20)7(2)17-18-13(19)22/h4-6H,3H2,1-2H3,(H,18,22)/b16-6-. The van der Waals surface area contributed by atoms with Crippen molar-refractivity contribution in [1.82, 2.24) is 14.9 Å². The predicted octanol–water partition coefficient (Wildman–Crippen LogP) is 3.42. The van der Waals surface area contributed by atoms with E-state index in [1.54, 1.807) is 6.92 Å². The van der Waals surface area contributed by atoms with Gasteiger partial charge in [-0.25, -0.2) is 0 Å². The molecule has 2 rings (SSSR count). The van der Waals surface area contributed by atoms with Crippen molar-refractivity contribution < 1.29 is 4.74 Å². The van der Waals surface area contributed by atoms with Crippen LogP contribution in [0, 0.1) is 11.7 Å². The zero-order chi connectivity index (χ0) is 16.3. The highest BCUT2D eigenvalue weighted by molar-refractivity contribution is 9.11. The third kappa shape index (κ3) is 3.71. The molecule has 0 aliphatic rings. The Labute approximate surface area is 148 Å². The van der Waals surface area contributed by atoms with Gasteiger partial charge in [0.25, 0.3) is 5.56 Å². The van der Waals surface area contributed by atoms with Gasteiger partial charge < -0.3 is 4.74 Å². The fraction of sp³-hybridized carbons (Fsp3) is 0.231. The molecule has 2 aromatic rings. The van der Waals surface area contributed by atoms with Crippen LogP contribution in [-0.2, 0) is 0 Å². The van der Waals surface area contributed by atoms with Crippen LogP contribution in [0.15, 0.2) is 31.0 Å². The van der Waals surface area contributed by atoms with Gasteiger partial charge in [0.1, 0.15) is 11.4 Å². The maximum Gasteiger partial charge on any atom is 0.296 e. The number of aromatic amines is 1. The predicted molar refractivity (Wildman–Crippen MR) is 94.4 cm³/mol. The van der Waals surface area contributed by atoms with Gasteiger partial charge in [0, 0.05) is 0 Å². The van der Waals surface area contributed by atoms with Gasteiger partial charge in [-0.15, -0.1) is 0 Å². The molecule has 1 heterocycles. The Hall–Kier alpha value is -1.32. The topological polar surface area (TPSA) is 72.3 Å². The number of aryl methyl sites for hydroxylation is 1. The zero-order valence-electron chi connectivity index (χ0n) is 11.8. The van der Waals surface area contributed by atoms with Crippen LogP contribution in [0.5, 0.6) is 5.75 Å². The lowest BCUT2D eigenvalue weighted by molar-refractivity contribution is 0.336. The number of hydrogen-bond donors (Lipinski definition) is 1. The van der Waals surface area contributed by atoms with E-state index in [-0.39, 0.29) is 10.3 Å². The Morgan fingerprint density at radius 2 is 2.09 bits per heavy atom. The molecule has 0 bridgehead atoms. The lowest BCUT2D eigenvalue weighted by Crippen LogP contribution is -2.22. The summed E-state index contributed by atoms with van der Waals surface area (Å²) in [6, 6.07) is 3.68. The van der Waals surface area contributed by atoms with Gasteiger partial charge in [-0.2, -0.15) is 14.9 Å². The Morgan fingerprint density at radius 1 is 1.45 bits per heavy atom. The highest BCUT2D eigenvalue weighted by Gasteiger charge is 2.08. The van der Waals surface area contributed by atoms with Crippen molar-refractivity contribution in [1.29, 1.82) is 0 Å². The molecule has 0 aliphatic carbocycles. The van der Waals surface area contributed by atoms with Gasteiger partial charge in [-0.05, 0) is 75.6 Å². The zero-order valence-corrected chi connectivity index (χ0v) is 15.7. The normalized spacial score (nSPS) is 11.1. The molecule has 0 amide bonds. The number of rotatable bonds is 4. The van der Waals surface area contributed by atoms with Gasteiger partial charge in [0.15, 0.2) is 0 Å². The van der Waals surface area contributed by atoms with Crippen molar-refractivity contribution in [2.75, 3.05) is 6.61 Å². The molecule has 1 aromatic heterocycles. The van der Waals surface area contributed by atoms with Crippen LogP contribution in [0.2, 0.25) is 0 Å². The minimum Gasteiger partial charge on any atom is -0.492 e. The molecule has 0 radical (unpaired) electrons. The van der Waals surface area contributed by atoms with Crippen LogP contribution in [0.25, 0.3) is 0 Å². The van der Waals surface area contributed by atoms with Crippen LogP contribution >= 0.6 is 44.1 Å². The average Bonchev–Trinajstić information content (AvgIpc) is 2.47. The smallest absolute Gasteiger partial charge is 0.296 e. The molecule has 6 nitrogen and oxygen atoms in total. The maximum absolute atomic E-state index is 11.9. The van der Waals surface area contributed by atoms with E-state index in [1.807, 2.05) is 19.1 Å². The third-order valence-electron chi connectivity index (χ3n) is 2.65. The Kier molecular flexibility index (Phi) is 5.65. The molecular formula is C13H12Br2N4O2S. The highest BCUT2D eigenvalue weighted by atomic mass is 79.9. The molecule has 0 fully saturated rings. The van der Waals surface area contributed by atoms with Crippen LogP contribution in [0.1, 0.15) is 18.2 Å². The minimum atomic E-state index is -0.357. The molecule has 0 saturated heterocycles. The average molecular weight is 448 g/mol. The first-order valence-corrected chi connectivity index (χ1v) is 8.28. The maximum atomic E-state index is 11.9. The quantitative estimate of drug-likeness (QED) is 0.575. The van der Waals surface area contributed by atoms with Crippen molar-refractivity contribution in [3.63, 3.8) is 0 Å². The van der Waals surface area contributed by atoms with E-state index < -0.39 is 0 Å². The van der Waals surface area contributed by atoms with Gasteiger partial charge >= 0.3 is 0 Å². The summed E-state index contributed by atoms with van der Waals surface area (Å²) < 4.78 is 8.32. The van der Waals surface area contributed by atoms with Crippen LogP contribution in [0.3, 0.4) is 0 Å². The SMILES string of the molecule is CCOc1c(Br)cc(/C=N\n2c(=S)[nH]nc(C)c2=O)cc1Br. The van der Waals surface area contributed by atoms with Crippen molar-refractivity contribution in [3.8, 4) is 5.75 Å². The first-order valence-electron chi connectivity index (χ1n) is 6.28. The number of halogens is 2. The molecule has 22 heavy (non-hydrogen) atoms. The molecule has 0 atom stereocenters. The van der Waals surface area contributed by atoms with Crippen molar-refractivity contribution in [2.24, 2.45) is 5.10 Å². The van der Waals surface area contributed by atoms with Crippen molar-refractivity contribution >= 4 is 50.3 Å². The number of nitrogens with one attached hydrogen (secondary N) is 1. The first-order chi connectivity index (χ1) is 10.4. The Bertz CT molecular complexity index is 822. The van der Waals surface area contributed by atoms with E-state index in [2.05, 4.69) is 47.2 Å². The Balaban J connectivity index is 2.42. The molecular weight excluding hydrogens is 436 g/mol. The largest absolute Gasteiger partial charge is 0.492 e. The number of aromatic nitrogens is 3. The lowest BCUT2D eigenvalue weighted by atomic mass is 10.2. The molecule has 0 saturated carbocycles. The number of ether oxygens (including phenoxy) is 1.